The molecule has 6 nitrogen and oxygen atoms in total. The molecule has 6 heteroatoms. The van der Waals surface area contributed by atoms with Crippen LogP contribution in [0.5, 0.6) is 17.2 Å². The molecule has 0 spiro atoms. The summed E-state index contributed by atoms with van der Waals surface area (Å²) < 4.78 is 16.4. The van der Waals surface area contributed by atoms with Crippen LogP contribution in [0.4, 0.5) is 0 Å². The molecule has 0 radical (unpaired) electrons. The molecule has 2 aliphatic rings. The molecule has 2 aromatic carbocycles. The number of hydrogen-bond acceptors (Lipinski definition) is 5. The van der Waals surface area contributed by atoms with Gasteiger partial charge in [0, 0.05) is 13.1 Å². The second-order valence-electron chi connectivity index (χ2n) is 7.13. The van der Waals surface area contributed by atoms with Crippen molar-refractivity contribution in [3.8, 4) is 17.2 Å². The highest BCUT2D eigenvalue weighted by molar-refractivity contribution is 5.87. The number of benzene rings is 2. The van der Waals surface area contributed by atoms with Crippen LogP contribution in [0, 0.1) is 5.92 Å². The minimum Gasteiger partial charge on any atom is -0.493 e. The Morgan fingerprint density at radius 3 is 2.78 bits per heavy atom. The van der Waals surface area contributed by atoms with E-state index in [4.69, 9.17) is 19.3 Å². The van der Waals surface area contributed by atoms with Gasteiger partial charge in [-0.15, -0.1) is 0 Å². The standard InChI is InChI=1S/C21H23NO5/c1-25-18-9-16(10-19-20(18)27-13-26-19)12-22-7-6-15(11-22)8-14-2-4-17(5-3-14)21(23)24/h2-5,9-10,15H,6-8,11-13H2,1H3,(H,23,24). The van der Waals surface area contributed by atoms with Crippen molar-refractivity contribution in [3.63, 3.8) is 0 Å². The Balaban J connectivity index is 1.37. The molecule has 1 N–H and O–H groups in total. The number of carbonyl (C=O) groups is 1. The van der Waals surface area contributed by atoms with Gasteiger partial charge >= 0.3 is 5.97 Å². The van der Waals surface area contributed by atoms with E-state index in [0.717, 1.165) is 43.8 Å². The van der Waals surface area contributed by atoms with Gasteiger partial charge < -0.3 is 19.3 Å². The summed E-state index contributed by atoms with van der Waals surface area (Å²) in [6.45, 7) is 3.16. The van der Waals surface area contributed by atoms with Crippen LogP contribution < -0.4 is 14.2 Å². The summed E-state index contributed by atoms with van der Waals surface area (Å²) in [4.78, 5) is 13.4. The number of aromatic carboxylic acids is 1. The number of hydrogen-bond donors (Lipinski definition) is 1. The molecule has 1 saturated heterocycles. The summed E-state index contributed by atoms with van der Waals surface area (Å²) in [5.41, 5.74) is 2.68. The second kappa shape index (κ2) is 7.48. The van der Waals surface area contributed by atoms with Crippen molar-refractivity contribution >= 4 is 5.97 Å². The maximum atomic E-state index is 11.0. The Kier molecular flexibility index (Phi) is 4.90. The van der Waals surface area contributed by atoms with Gasteiger partial charge in [0.25, 0.3) is 0 Å². The summed E-state index contributed by atoms with van der Waals surface area (Å²) in [6, 6.07) is 11.3. The van der Waals surface area contributed by atoms with Crippen LogP contribution in [-0.2, 0) is 13.0 Å². The van der Waals surface area contributed by atoms with Crippen molar-refractivity contribution in [2.24, 2.45) is 5.92 Å². The lowest BCUT2D eigenvalue weighted by Crippen LogP contribution is -2.20. The Morgan fingerprint density at radius 1 is 1.22 bits per heavy atom. The fourth-order valence-corrected chi connectivity index (χ4v) is 3.87. The molecule has 1 fully saturated rings. The highest BCUT2D eigenvalue weighted by Crippen LogP contribution is 2.42. The highest BCUT2D eigenvalue weighted by atomic mass is 16.7. The van der Waals surface area contributed by atoms with Gasteiger partial charge in [-0.25, -0.2) is 4.79 Å². The fourth-order valence-electron chi connectivity index (χ4n) is 3.87. The van der Waals surface area contributed by atoms with Crippen molar-refractivity contribution < 1.29 is 24.1 Å². The normalized spacial score (nSPS) is 18.6. The van der Waals surface area contributed by atoms with E-state index in [-0.39, 0.29) is 6.79 Å². The Bertz CT molecular complexity index is 833. The number of nitrogens with zero attached hydrogens (tertiary/aromatic N) is 1. The van der Waals surface area contributed by atoms with Crippen LogP contribution in [0.15, 0.2) is 36.4 Å². The molecule has 4 rings (SSSR count). The lowest BCUT2D eigenvalue weighted by Gasteiger charge is -2.17. The van der Waals surface area contributed by atoms with Gasteiger partial charge in [-0.3, -0.25) is 4.90 Å². The number of ether oxygens (including phenoxy) is 3. The number of carboxylic acid groups (broad SMARTS) is 1. The molecule has 2 aliphatic heterocycles. The van der Waals surface area contributed by atoms with E-state index in [9.17, 15) is 4.79 Å². The van der Waals surface area contributed by atoms with Gasteiger partial charge in [0.05, 0.1) is 12.7 Å². The Labute approximate surface area is 158 Å². The second-order valence-corrected chi connectivity index (χ2v) is 7.13. The summed E-state index contributed by atoms with van der Waals surface area (Å²) in [6.07, 6.45) is 2.11. The zero-order valence-corrected chi connectivity index (χ0v) is 15.3. The first kappa shape index (κ1) is 17.7. The van der Waals surface area contributed by atoms with E-state index in [0.29, 0.717) is 23.0 Å². The molecule has 2 aromatic rings. The van der Waals surface area contributed by atoms with E-state index >= 15 is 0 Å². The molecular formula is C21H23NO5. The minimum atomic E-state index is -0.882. The van der Waals surface area contributed by atoms with Crippen molar-refractivity contribution in [2.45, 2.75) is 19.4 Å². The monoisotopic (exact) mass is 369 g/mol. The molecule has 2 heterocycles. The molecule has 0 saturated carbocycles. The molecule has 1 unspecified atom stereocenters. The average Bonchev–Trinajstić information content (AvgIpc) is 3.31. The topological polar surface area (TPSA) is 68.2 Å². The van der Waals surface area contributed by atoms with Crippen molar-refractivity contribution in [3.05, 3.63) is 53.1 Å². The smallest absolute Gasteiger partial charge is 0.335 e. The van der Waals surface area contributed by atoms with E-state index in [1.54, 1.807) is 19.2 Å². The summed E-state index contributed by atoms with van der Waals surface area (Å²) in [7, 11) is 1.64. The lowest BCUT2D eigenvalue weighted by atomic mass is 9.98. The molecule has 0 aliphatic carbocycles. The maximum Gasteiger partial charge on any atom is 0.335 e. The summed E-state index contributed by atoms with van der Waals surface area (Å²) in [5.74, 6) is 1.85. The van der Waals surface area contributed by atoms with Crippen LogP contribution >= 0.6 is 0 Å². The third kappa shape index (κ3) is 3.85. The van der Waals surface area contributed by atoms with Crippen LogP contribution in [0.2, 0.25) is 0 Å². The first-order valence-corrected chi connectivity index (χ1v) is 9.13. The van der Waals surface area contributed by atoms with Gasteiger partial charge in [0.15, 0.2) is 11.5 Å². The van der Waals surface area contributed by atoms with Crippen molar-refractivity contribution in [1.82, 2.24) is 4.90 Å². The van der Waals surface area contributed by atoms with E-state index in [1.807, 2.05) is 24.3 Å². The maximum absolute atomic E-state index is 11.0. The molecule has 142 valence electrons. The Hall–Kier alpha value is -2.73. The SMILES string of the molecule is COc1cc(CN2CCC(Cc3ccc(C(=O)O)cc3)C2)cc2c1OCO2. The average molecular weight is 369 g/mol. The number of carboxylic acids is 1. The molecule has 0 bridgehead atoms. The molecular weight excluding hydrogens is 346 g/mol. The zero-order valence-electron chi connectivity index (χ0n) is 15.3. The highest BCUT2D eigenvalue weighted by Gasteiger charge is 2.25. The third-order valence-electron chi connectivity index (χ3n) is 5.22. The fraction of sp³-hybridized carbons (Fsp3) is 0.381. The summed E-state index contributed by atoms with van der Waals surface area (Å²) >= 11 is 0. The number of fused-ring (bicyclic) bond motifs is 1. The van der Waals surface area contributed by atoms with Gasteiger partial charge in [-0.2, -0.15) is 0 Å². The van der Waals surface area contributed by atoms with Crippen LogP contribution in [0.3, 0.4) is 0 Å². The molecule has 1 atom stereocenters. The predicted molar refractivity (Wildman–Crippen MR) is 99.6 cm³/mol. The Morgan fingerprint density at radius 2 is 2.04 bits per heavy atom. The van der Waals surface area contributed by atoms with E-state index in [1.165, 1.54) is 5.56 Å². The molecule has 0 amide bonds. The first-order chi connectivity index (χ1) is 13.1. The van der Waals surface area contributed by atoms with Gasteiger partial charge in [-0.1, -0.05) is 12.1 Å². The summed E-state index contributed by atoms with van der Waals surface area (Å²) in [5, 5.41) is 9.00. The van der Waals surface area contributed by atoms with E-state index in [2.05, 4.69) is 4.90 Å². The first-order valence-electron chi connectivity index (χ1n) is 9.13. The predicted octanol–water partition coefficient (Wildman–Crippen LogP) is 3.19. The largest absolute Gasteiger partial charge is 0.493 e. The number of likely N-dealkylation sites (tertiary alicyclic amines) is 1. The van der Waals surface area contributed by atoms with Gasteiger partial charge in [0.1, 0.15) is 0 Å². The van der Waals surface area contributed by atoms with Crippen molar-refractivity contribution in [2.75, 3.05) is 27.0 Å². The van der Waals surface area contributed by atoms with Crippen LogP contribution in [-0.4, -0.2) is 43.0 Å². The van der Waals surface area contributed by atoms with Gasteiger partial charge in [0.2, 0.25) is 12.5 Å². The third-order valence-corrected chi connectivity index (χ3v) is 5.22. The quantitative estimate of drug-likeness (QED) is 0.843. The van der Waals surface area contributed by atoms with Crippen LogP contribution in [0.25, 0.3) is 0 Å². The van der Waals surface area contributed by atoms with Crippen LogP contribution in [0.1, 0.15) is 27.9 Å². The van der Waals surface area contributed by atoms with Crippen molar-refractivity contribution in [1.29, 1.82) is 0 Å². The van der Waals surface area contributed by atoms with Gasteiger partial charge in [-0.05, 0) is 60.7 Å². The minimum absolute atomic E-state index is 0.238. The zero-order chi connectivity index (χ0) is 18.8. The van der Waals surface area contributed by atoms with E-state index < -0.39 is 5.97 Å². The molecule has 0 aromatic heterocycles. The molecule has 27 heavy (non-hydrogen) atoms. The number of rotatable bonds is 6. The number of methoxy groups -OCH3 is 1. The lowest BCUT2D eigenvalue weighted by molar-refractivity contribution is 0.0697.